The summed E-state index contributed by atoms with van der Waals surface area (Å²) in [5.74, 6) is 0.631. The second-order valence-electron chi connectivity index (χ2n) is 5.71. The second-order valence-corrected chi connectivity index (χ2v) is 6.56. The number of hydrogen-bond donors (Lipinski definition) is 1. The third-order valence-corrected chi connectivity index (χ3v) is 5.29. The molecule has 1 aliphatic carbocycles. The Labute approximate surface area is 118 Å². The minimum absolute atomic E-state index is 0.550. The maximum absolute atomic E-state index is 5.98. The maximum Gasteiger partial charge on any atom is 0.0391 e. The number of rotatable bonds is 3. The number of benzene rings is 1. The van der Waals surface area contributed by atoms with Gasteiger partial charge in [-0.25, -0.2) is 0 Å². The number of hydrogen-bond acceptors (Lipinski definition) is 2. The van der Waals surface area contributed by atoms with Crippen LogP contribution in [0.5, 0.6) is 0 Å². The Balaban J connectivity index is 1.92. The van der Waals surface area contributed by atoms with Crippen molar-refractivity contribution in [2.75, 3.05) is 13.1 Å². The minimum atomic E-state index is 0.550. The van der Waals surface area contributed by atoms with E-state index in [0.717, 1.165) is 12.6 Å². The normalized spacial score (nSPS) is 28.8. The summed E-state index contributed by atoms with van der Waals surface area (Å²) >= 11 is 3.59. The fourth-order valence-electron chi connectivity index (χ4n) is 3.26. The SMILES string of the molecule is Cc1cc(C2C(CN)CCN2C2CC2)ccc1Br. The van der Waals surface area contributed by atoms with Crippen LogP contribution in [0.25, 0.3) is 0 Å². The second kappa shape index (κ2) is 4.95. The molecule has 0 spiro atoms. The van der Waals surface area contributed by atoms with Gasteiger partial charge in [0.25, 0.3) is 0 Å². The van der Waals surface area contributed by atoms with Crippen LogP contribution < -0.4 is 5.73 Å². The van der Waals surface area contributed by atoms with E-state index in [1.165, 1.54) is 41.4 Å². The van der Waals surface area contributed by atoms with E-state index < -0.39 is 0 Å². The van der Waals surface area contributed by atoms with Gasteiger partial charge in [0.05, 0.1) is 0 Å². The molecule has 18 heavy (non-hydrogen) atoms. The fraction of sp³-hybridized carbons (Fsp3) is 0.600. The number of nitrogens with zero attached hydrogens (tertiary/aromatic N) is 1. The molecule has 2 fully saturated rings. The zero-order chi connectivity index (χ0) is 12.7. The zero-order valence-corrected chi connectivity index (χ0v) is 12.5. The third kappa shape index (κ3) is 2.24. The lowest BCUT2D eigenvalue weighted by atomic mass is 9.93. The number of likely N-dealkylation sites (tertiary alicyclic amines) is 1. The van der Waals surface area contributed by atoms with Crippen LogP contribution in [-0.2, 0) is 0 Å². The van der Waals surface area contributed by atoms with Crippen LogP contribution in [0.3, 0.4) is 0 Å². The van der Waals surface area contributed by atoms with Crippen molar-refractivity contribution < 1.29 is 0 Å². The highest BCUT2D eigenvalue weighted by Gasteiger charge is 2.42. The van der Waals surface area contributed by atoms with Crippen LogP contribution in [0.4, 0.5) is 0 Å². The van der Waals surface area contributed by atoms with Gasteiger partial charge >= 0.3 is 0 Å². The van der Waals surface area contributed by atoms with Crippen LogP contribution in [0.1, 0.15) is 36.4 Å². The summed E-state index contributed by atoms with van der Waals surface area (Å²) in [6.45, 7) is 4.21. The molecule has 0 radical (unpaired) electrons. The van der Waals surface area contributed by atoms with Gasteiger partial charge in [0.15, 0.2) is 0 Å². The van der Waals surface area contributed by atoms with Crippen molar-refractivity contribution in [2.24, 2.45) is 11.7 Å². The molecule has 3 rings (SSSR count). The highest BCUT2D eigenvalue weighted by molar-refractivity contribution is 9.10. The molecule has 2 nitrogen and oxygen atoms in total. The number of nitrogens with two attached hydrogens (primary N) is 1. The maximum atomic E-state index is 5.98. The first-order valence-corrected chi connectivity index (χ1v) is 7.72. The highest BCUT2D eigenvalue weighted by Crippen LogP contribution is 2.44. The fourth-order valence-corrected chi connectivity index (χ4v) is 3.51. The lowest BCUT2D eigenvalue weighted by Gasteiger charge is -2.28. The van der Waals surface area contributed by atoms with Gasteiger partial charge in [0.1, 0.15) is 0 Å². The monoisotopic (exact) mass is 308 g/mol. The molecule has 0 aromatic heterocycles. The Hall–Kier alpha value is -0.380. The molecule has 0 amide bonds. The van der Waals surface area contributed by atoms with Gasteiger partial charge in [-0.1, -0.05) is 28.1 Å². The lowest BCUT2D eigenvalue weighted by molar-refractivity contribution is 0.220. The van der Waals surface area contributed by atoms with E-state index in [0.29, 0.717) is 12.0 Å². The molecule has 1 aliphatic heterocycles. The van der Waals surface area contributed by atoms with Crippen LogP contribution in [0.15, 0.2) is 22.7 Å². The summed E-state index contributed by atoms with van der Waals surface area (Å²) in [7, 11) is 0. The van der Waals surface area contributed by atoms with Gasteiger partial charge < -0.3 is 5.73 Å². The summed E-state index contributed by atoms with van der Waals surface area (Å²) in [4.78, 5) is 2.69. The molecule has 0 bridgehead atoms. The first-order valence-electron chi connectivity index (χ1n) is 6.92. The van der Waals surface area contributed by atoms with Gasteiger partial charge in [-0.15, -0.1) is 0 Å². The van der Waals surface area contributed by atoms with E-state index in [-0.39, 0.29) is 0 Å². The van der Waals surface area contributed by atoms with Crippen molar-refractivity contribution in [3.8, 4) is 0 Å². The molecule has 98 valence electrons. The summed E-state index contributed by atoms with van der Waals surface area (Å²) in [5, 5.41) is 0. The minimum Gasteiger partial charge on any atom is -0.330 e. The van der Waals surface area contributed by atoms with Crippen LogP contribution >= 0.6 is 15.9 Å². The Bertz CT molecular complexity index is 442. The van der Waals surface area contributed by atoms with Gasteiger partial charge in [-0.3, -0.25) is 4.90 Å². The van der Waals surface area contributed by atoms with Crippen molar-refractivity contribution in [1.82, 2.24) is 4.90 Å². The molecule has 1 heterocycles. The number of halogens is 1. The van der Waals surface area contributed by atoms with E-state index in [2.05, 4.69) is 46.0 Å². The first-order chi connectivity index (χ1) is 8.70. The molecule has 2 N–H and O–H groups in total. The largest absolute Gasteiger partial charge is 0.330 e. The van der Waals surface area contributed by atoms with E-state index in [9.17, 15) is 0 Å². The standard InChI is InChI=1S/C15H21BrN2/c1-10-8-11(2-5-14(10)16)15-12(9-17)6-7-18(15)13-3-4-13/h2,5,8,12-13,15H,3-4,6-7,9,17H2,1H3. The van der Waals surface area contributed by atoms with Gasteiger partial charge in [0.2, 0.25) is 0 Å². The Morgan fingerprint density at radius 1 is 1.33 bits per heavy atom. The smallest absolute Gasteiger partial charge is 0.0391 e. The molecule has 1 saturated carbocycles. The summed E-state index contributed by atoms with van der Waals surface area (Å²) in [5.41, 5.74) is 8.76. The van der Waals surface area contributed by atoms with Crippen molar-refractivity contribution in [2.45, 2.75) is 38.3 Å². The molecule has 2 atom stereocenters. The lowest BCUT2D eigenvalue weighted by Crippen LogP contribution is -2.30. The predicted octanol–water partition coefficient (Wildman–Crippen LogP) is 3.24. The van der Waals surface area contributed by atoms with Gasteiger partial charge in [0, 0.05) is 16.6 Å². The highest BCUT2D eigenvalue weighted by atomic mass is 79.9. The average Bonchev–Trinajstić information content (AvgIpc) is 3.12. The molecular weight excluding hydrogens is 288 g/mol. The number of aryl methyl sites for hydroxylation is 1. The Morgan fingerprint density at radius 2 is 2.11 bits per heavy atom. The summed E-state index contributed by atoms with van der Waals surface area (Å²) < 4.78 is 1.20. The Morgan fingerprint density at radius 3 is 2.72 bits per heavy atom. The van der Waals surface area contributed by atoms with E-state index >= 15 is 0 Å². The molecule has 1 aromatic carbocycles. The first kappa shape index (κ1) is 12.6. The van der Waals surface area contributed by atoms with E-state index in [1.807, 2.05) is 0 Å². The quantitative estimate of drug-likeness (QED) is 0.929. The van der Waals surface area contributed by atoms with Crippen molar-refractivity contribution in [3.05, 3.63) is 33.8 Å². The molecule has 3 heteroatoms. The third-order valence-electron chi connectivity index (χ3n) is 4.40. The van der Waals surface area contributed by atoms with Gasteiger partial charge in [-0.05, 0) is 62.4 Å². The molecular formula is C15H21BrN2. The van der Waals surface area contributed by atoms with E-state index in [1.54, 1.807) is 0 Å². The van der Waals surface area contributed by atoms with Crippen LogP contribution in [0.2, 0.25) is 0 Å². The van der Waals surface area contributed by atoms with Gasteiger partial charge in [-0.2, -0.15) is 0 Å². The topological polar surface area (TPSA) is 29.3 Å². The van der Waals surface area contributed by atoms with Crippen LogP contribution in [0, 0.1) is 12.8 Å². The van der Waals surface area contributed by atoms with Crippen LogP contribution in [-0.4, -0.2) is 24.0 Å². The predicted molar refractivity (Wildman–Crippen MR) is 78.5 cm³/mol. The van der Waals surface area contributed by atoms with E-state index in [4.69, 9.17) is 5.73 Å². The summed E-state index contributed by atoms with van der Waals surface area (Å²) in [6, 6.07) is 8.16. The zero-order valence-electron chi connectivity index (χ0n) is 10.9. The van der Waals surface area contributed by atoms with Crippen molar-refractivity contribution in [1.29, 1.82) is 0 Å². The average molecular weight is 309 g/mol. The molecule has 1 saturated heterocycles. The molecule has 2 aliphatic rings. The Kier molecular flexibility index (Phi) is 3.48. The molecule has 2 unspecified atom stereocenters. The van der Waals surface area contributed by atoms with Crippen molar-refractivity contribution in [3.63, 3.8) is 0 Å². The molecule has 1 aromatic rings. The van der Waals surface area contributed by atoms with Crippen molar-refractivity contribution >= 4 is 15.9 Å². The summed E-state index contributed by atoms with van der Waals surface area (Å²) in [6.07, 6.45) is 4.01.